The van der Waals surface area contributed by atoms with Crippen LogP contribution in [0.15, 0.2) is 94.9 Å². The number of rotatable bonds is 2. The molecule has 2 nitrogen and oxygen atoms in total. The van der Waals surface area contributed by atoms with Crippen molar-refractivity contribution in [2.75, 3.05) is 0 Å². The molecule has 0 atom stereocenters. The third-order valence-corrected chi connectivity index (χ3v) is 6.09. The highest BCUT2D eigenvalue weighted by atomic mass is 79.9. The van der Waals surface area contributed by atoms with Crippen LogP contribution in [0.4, 0.5) is 0 Å². The molecule has 0 fully saturated rings. The zero-order valence-corrected chi connectivity index (χ0v) is 20.4. The first-order valence-electron chi connectivity index (χ1n) is 10.3. The molecule has 0 unspecified atom stereocenters. The van der Waals surface area contributed by atoms with E-state index in [1.165, 1.54) is 49.2 Å². The van der Waals surface area contributed by atoms with Crippen molar-refractivity contribution in [3.8, 4) is 0 Å². The van der Waals surface area contributed by atoms with E-state index in [9.17, 15) is 0 Å². The van der Waals surface area contributed by atoms with Crippen LogP contribution in [0, 0.1) is 0 Å². The zero-order chi connectivity index (χ0) is 22.1. The highest BCUT2D eigenvalue weighted by molar-refractivity contribution is 9.28. The molecule has 2 heterocycles. The van der Waals surface area contributed by atoms with E-state index in [1.807, 2.05) is 18.2 Å². The fourth-order valence-electron chi connectivity index (χ4n) is 4.20. The molecular weight excluding hydrogens is 524 g/mol. The number of fused-ring (bicyclic) bond motifs is 6. The summed E-state index contributed by atoms with van der Waals surface area (Å²) < 4.78 is 0.941. The summed E-state index contributed by atoms with van der Waals surface area (Å²) in [4.78, 5) is 6.89. The average molecular weight is 544 g/mol. The molecule has 4 heteroatoms. The highest BCUT2D eigenvalue weighted by Gasteiger charge is 2.06. The summed E-state index contributed by atoms with van der Waals surface area (Å²) in [6.07, 6.45) is 3.94. The first-order chi connectivity index (χ1) is 15.7. The third kappa shape index (κ3) is 3.81. The summed E-state index contributed by atoms with van der Waals surface area (Å²) in [6.45, 7) is 3.83. The van der Waals surface area contributed by atoms with E-state index in [0.29, 0.717) is 0 Å². The second-order valence-corrected chi connectivity index (χ2v) is 10.3. The zero-order valence-electron chi connectivity index (χ0n) is 17.2. The van der Waals surface area contributed by atoms with Gasteiger partial charge in [0.05, 0.1) is 14.4 Å². The minimum Gasteiger partial charge on any atom is -0.354 e. The minimum absolute atomic E-state index is 0.941. The van der Waals surface area contributed by atoms with Gasteiger partial charge < -0.3 is 9.97 Å². The smallest absolute Gasteiger partial charge is 0.0610 e. The Morgan fingerprint density at radius 3 is 1.59 bits per heavy atom. The number of hydrogen-bond acceptors (Lipinski definition) is 0. The molecule has 0 amide bonds. The molecule has 2 aromatic heterocycles. The minimum atomic E-state index is 0.941. The van der Waals surface area contributed by atoms with E-state index in [4.69, 9.17) is 0 Å². The van der Waals surface area contributed by atoms with Crippen molar-refractivity contribution in [2.45, 2.75) is 0 Å². The molecule has 2 N–H and O–H groups in total. The molecule has 32 heavy (non-hydrogen) atoms. The topological polar surface area (TPSA) is 31.6 Å². The molecule has 0 radical (unpaired) electrons. The molecule has 0 aliphatic rings. The van der Waals surface area contributed by atoms with E-state index in [2.05, 4.69) is 127 Å². The number of H-pyrrole nitrogens is 2. The van der Waals surface area contributed by atoms with Crippen molar-refractivity contribution in [2.24, 2.45) is 0 Å². The number of benzene rings is 4. The number of hydrogen-bond donors (Lipinski definition) is 2. The summed E-state index contributed by atoms with van der Waals surface area (Å²) in [5, 5.41) is 5.07. The van der Waals surface area contributed by atoms with Gasteiger partial charge in [0.15, 0.2) is 0 Å². The summed E-state index contributed by atoms with van der Waals surface area (Å²) in [7, 11) is 0. The molecular formula is C28H20Br2N2. The summed E-state index contributed by atoms with van der Waals surface area (Å²) in [5.74, 6) is 0. The molecule has 4 aromatic carbocycles. The summed E-state index contributed by atoms with van der Waals surface area (Å²) >= 11 is 6.81. The van der Waals surface area contributed by atoms with E-state index >= 15 is 0 Å². The third-order valence-electron chi connectivity index (χ3n) is 5.63. The summed E-state index contributed by atoms with van der Waals surface area (Å²) in [6, 6.07) is 29.3. The maximum absolute atomic E-state index is 3.83. The second-order valence-electron chi connectivity index (χ2n) is 7.52. The van der Waals surface area contributed by atoms with Gasteiger partial charge in [0.25, 0.3) is 0 Å². The maximum atomic E-state index is 3.83. The van der Waals surface area contributed by atoms with Gasteiger partial charge in [0, 0.05) is 38.1 Å². The predicted molar refractivity (Wildman–Crippen MR) is 148 cm³/mol. The van der Waals surface area contributed by atoms with E-state index in [0.717, 1.165) is 8.96 Å². The van der Waals surface area contributed by atoms with Crippen LogP contribution in [-0.4, -0.2) is 9.97 Å². The van der Waals surface area contributed by atoms with Crippen LogP contribution >= 0.6 is 31.9 Å². The lowest BCUT2D eigenvalue weighted by molar-refractivity contribution is 1.53. The standard InChI is InChI=1S/C14H9Br2N.C14H11N/c15-13(16)8-9-4-3-6-11-10-5-1-2-7-12(10)17-14(9)11;1-2-10-6-5-8-12-11-7-3-4-9-13(11)15-14(10)12/h1-8,17H;2-9,15H,1H2. The SMILES string of the molecule is BrC(Br)=Cc1cccc2c1[nH]c1ccccc12.C=Cc1cccc2c1[nH]c1ccccc12. The van der Waals surface area contributed by atoms with Crippen LogP contribution in [0.3, 0.4) is 0 Å². The van der Waals surface area contributed by atoms with Crippen LogP contribution < -0.4 is 0 Å². The Labute approximate surface area is 202 Å². The second kappa shape index (κ2) is 8.81. The van der Waals surface area contributed by atoms with Gasteiger partial charge >= 0.3 is 0 Å². The maximum Gasteiger partial charge on any atom is 0.0610 e. The van der Waals surface area contributed by atoms with Gasteiger partial charge in [-0.3, -0.25) is 0 Å². The van der Waals surface area contributed by atoms with Gasteiger partial charge in [-0.15, -0.1) is 0 Å². The van der Waals surface area contributed by atoms with E-state index in [1.54, 1.807) is 0 Å². The van der Waals surface area contributed by atoms with Crippen LogP contribution in [0.2, 0.25) is 0 Å². The van der Waals surface area contributed by atoms with Gasteiger partial charge in [-0.2, -0.15) is 0 Å². The van der Waals surface area contributed by atoms with Crippen LogP contribution in [0.25, 0.3) is 55.8 Å². The van der Waals surface area contributed by atoms with Gasteiger partial charge in [0.2, 0.25) is 0 Å². The van der Waals surface area contributed by atoms with Crippen LogP contribution in [-0.2, 0) is 0 Å². The van der Waals surface area contributed by atoms with Gasteiger partial charge in [-0.25, -0.2) is 0 Å². The van der Waals surface area contributed by atoms with Crippen molar-refractivity contribution in [3.05, 3.63) is 106 Å². The molecule has 0 aliphatic carbocycles. The molecule has 0 aliphatic heterocycles. The highest BCUT2D eigenvalue weighted by Crippen LogP contribution is 2.30. The normalized spacial score (nSPS) is 10.9. The molecule has 0 saturated carbocycles. The first kappa shape index (κ1) is 20.8. The van der Waals surface area contributed by atoms with E-state index in [-0.39, 0.29) is 0 Å². The Kier molecular flexibility index (Phi) is 5.73. The Morgan fingerprint density at radius 1 is 0.594 bits per heavy atom. The largest absolute Gasteiger partial charge is 0.354 e. The fraction of sp³-hybridized carbons (Fsp3) is 0. The van der Waals surface area contributed by atoms with Crippen molar-refractivity contribution in [1.29, 1.82) is 0 Å². The number of halogens is 2. The number of aromatic amines is 2. The van der Waals surface area contributed by atoms with Gasteiger partial charge in [-0.1, -0.05) is 85.5 Å². The molecule has 6 rings (SSSR count). The van der Waals surface area contributed by atoms with Crippen LogP contribution in [0.1, 0.15) is 11.1 Å². The van der Waals surface area contributed by atoms with E-state index < -0.39 is 0 Å². The molecule has 0 saturated heterocycles. The van der Waals surface area contributed by atoms with Crippen molar-refractivity contribution in [3.63, 3.8) is 0 Å². The predicted octanol–water partition coefficient (Wildman–Crippen LogP) is 9.37. The number of para-hydroxylation sites is 4. The molecule has 6 aromatic rings. The Balaban J connectivity index is 0.000000136. The average Bonchev–Trinajstić information content (AvgIpc) is 3.38. The van der Waals surface area contributed by atoms with Crippen molar-refractivity contribution in [1.82, 2.24) is 9.97 Å². The fourth-order valence-corrected chi connectivity index (χ4v) is 4.69. The number of aromatic nitrogens is 2. The molecule has 156 valence electrons. The van der Waals surface area contributed by atoms with Gasteiger partial charge in [0.1, 0.15) is 0 Å². The summed E-state index contributed by atoms with van der Waals surface area (Å²) in [5.41, 5.74) is 7.03. The Bertz CT molecular complexity index is 1610. The molecule has 0 bridgehead atoms. The lowest BCUT2D eigenvalue weighted by Crippen LogP contribution is -1.75. The monoisotopic (exact) mass is 542 g/mol. The quantitative estimate of drug-likeness (QED) is 0.218. The number of nitrogens with one attached hydrogen (secondary N) is 2. The van der Waals surface area contributed by atoms with Crippen LogP contribution in [0.5, 0.6) is 0 Å². The molecule has 0 spiro atoms. The Hall–Kier alpha value is -3.08. The van der Waals surface area contributed by atoms with Crippen molar-refractivity contribution < 1.29 is 0 Å². The lowest BCUT2D eigenvalue weighted by Gasteiger charge is -1.96. The Morgan fingerprint density at radius 2 is 1.06 bits per heavy atom. The van der Waals surface area contributed by atoms with Crippen molar-refractivity contribution >= 4 is 87.6 Å². The first-order valence-corrected chi connectivity index (χ1v) is 11.9. The lowest BCUT2D eigenvalue weighted by atomic mass is 10.1. The van der Waals surface area contributed by atoms with Gasteiger partial charge in [-0.05, 0) is 55.6 Å².